The zero-order valence-corrected chi connectivity index (χ0v) is 8.00. The molecule has 13 heavy (non-hydrogen) atoms. The van der Waals surface area contributed by atoms with Crippen LogP contribution in [0.3, 0.4) is 0 Å². The molecule has 1 unspecified atom stereocenters. The Morgan fingerprint density at radius 1 is 1.38 bits per heavy atom. The molecule has 0 saturated carbocycles. The number of ether oxygens (including phenoxy) is 1. The molecule has 1 N–H and O–H groups in total. The summed E-state index contributed by atoms with van der Waals surface area (Å²) in [6, 6.07) is 0. The molecule has 0 amide bonds. The number of aliphatic hydroxyl groups excluding tert-OH is 1. The summed E-state index contributed by atoms with van der Waals surface area (Å²) in [5.41, 5.74) is 0. The molecule has 1 aliphatic heterocycles. The van der Waals surface area contributed by atoms with Crippen molar-refractivity contribution in [1.29, 1.82) is 0 Å². The third-order valence-corrected chi connectivity index (χ3v) is 2.39. The average Bonchev–Trinajstić information content (AvgIpc) is 2.09. The van der Waals surface area contributed by atoms with Gasteiger partial charge in [-0.3, -0.25) is 4.79 Å². The van der Waals surface area contributed by atoms with E-state index in [9.17, 15) is 4.79 Å². The molecular formula is C10H18O3. The van der Waals surface area contributed by atoms with Gasteiger partial charge in [0, 0.05) is 13.0 Å². The van der Waals surface area contributed by atoms with Crippen molar-refractivity contribution in [3.63, 3.8) is 0 Å². The van der Waals surface area contributed by atoms with E-state index < -0.39 is 0 Å². The molecule has 3 heteroatoms. The summed E-state index contributed by atoms with van der Waals surface area (Å²) < 4.78 is 5.24. The lowest BCUT2D eigenvalue weighted by molar-refractivity contribution is -0.150. The zero-order chi connectivity index (χ0) is 9.52. The molecule has 76 valence electrons. The SMILES string of the molecule is O=C1CCCCCC(CCCO)O1. The molecule has 0 aliphatic carbocycles. The molecule has 0 spiro atoms. The van der Waals surface area contributed by atoms with Gasteiger partial charge in [0.05, 0.1) is 0 Å². The maximum absolute atomic E-state index is 11.1. The number of hydrogen-bond acceptors (Lipinski definition) is 3. The Labute approximate surface area is 79.1 Å². The van der Waals surface area contributed by atoms with Crippen LogP contribution in [-0.2, 0) is 9.53 Å². The van der Waals surface area contributed by atoms with Crippen LogP contribution in [0.4, 0.5) is 0 Å². The van der Waals surface area contributed by atoms with Crippen LogP contribution in [0.2, 0.25) is 0 Å². The molecule has 0 radical (unpaired) electrons. The minimum absolute atomic E-state index is 0.0555. The standard InChI is InChI=1S/C10H18O3/c11-8-4-6-9-5-2-1-3-7-10(12)13-9/h9,11H,1-8H2. The fraction of sp³-hybridized carbons (Fsp3) is 0.900. The number of carbonyl (C=O) groups excluding carboxylic acids is 1. The van der Waals surface area contributed by atoms with Crippen LogP contribution < -0.4 is 0 Å². The highest BCUT2D eigenvalue weighted by Gasteiger charge is 2.16. The Kier molecular flexibility index (Phi) is 4.83. The lowest BCUT2D eigenvalue weighted by Gasteiger charge is -2.19. The van der Waals surface area contributed by atoms with Gasteiger partial charge in [-0.15, -0.1) is 0 Å². The Bertz CT molecular complexity index is 154. The fourth-order valence-electron chi connectivity index (χ4n) is 1.64. The van der Waals surface area contributed by atoms with Gasteiger partial charge in [0.25, 0.3) is 0 Å². The summed E-state index contributed by atoms with van der Waals surface area (Å²) >= 11 is 0. The van der Waals surface area contributed by atoms with Crippen LogP contribution in [0, 0.1) is 0 Å². The second-order valence-electron chi connectivity index (χ2n) is 3.58. The van der Waals surface area contributed by atoms with Crippen LogP contribution in [0.5, 0.6) is 0 Å². The van der Waals surface area contributed by atoms with Gasteiger partial charge in [-0.1, -0.05) is 6.42 Å². The first-order chi connectivity index (χ1) is 6.33. The second-order valence-corrected chi connectivity index (χ2v) is 3.58. The third-order valence-electron chi connectivity index (χ3n) is 2.39. The Hall–Kier alpha value is -0.570. The molecule has 1 atom stereocenters. The van der Waals surface area contributed by atoms with Crippen molar-refractivity contribution in [3.05, 3.63) is 0 Å². The smallest absolute Gasteiger partial charge is 0.306 e. The third kappa shape index (κ3) is 4.27. The van der Waals surface area contributed by atoms with E-state index in [4.69, 9.17) is 9.84 Å². The van der Waals surface area contributed by atoms with E-state index >= 15 is 0 Å². The van der Waals surface area contributed by atoms with Gasteiger partial charge in [-0.05, 0) is 32.1 Å². The van der Waals surface area contributed by atoms with Gasteiger partial charge in [-0.2, -0.15) is 0 Å². The van der Waals surface area contributed by atoms with Crippen molar-refractivity contribution in [2.75, 3.05) is 6.61 Å². The molecular weight excluding hydrogens is 168 g/mol. The van der Waals surface area contributed by atoms with Gasteiger partial charge in [0.15, 0.2) is 0 Å². The minimum atomic E-state index is -0.0670. The van der Waals surface area contributed by atoms with Crippen molar-refractivity contribution in [2.45, 2.75) is 51.0 Å². The normalized spacial score (nSPS) is 24.7. The summed E-state index contributed by atoms with van der Waals surface area (Å²) in [5, 5.41) is 8.65. The maximum Gasteiger partial charge on any atom is 0.306 e. The number of aliphatic hydroxyl groups is 1. The number of hydrogen-bond donors (Lipinski definition) is 1. The number of rotatable bonds is 3. The molecule has 3 nitrogen and oxygen atoms in total. The molecule has 0 bridgehead atoms. The molecule has 0 aromatic heterocycles. The second kappa shape index (κ2) is 5.97. The first-order valence-corrected chi connectivity index (χ1v) is 5.13. The predicted molar refractivity (Wildman–Crippen MR) is 49.3 cm³/mol. The Morgan fingerprint density at radius 3 is 3.00 bits per heavy atom. The summed E-state index contributed by atoms with van der Waals surface area (Å²) in [6.07, 6.45) is 6.36. The highest BCUT2D eigenvalue weighted by Crippen LogP contribution is 2.17. The van der Waals surface area contributed by atoms with E-state index in [0.29, 0.717) is 6.42 Å². The number of cyclic esters (lactones) is 1. The van der Waals surface area contributed by atoms with E-state index in [1.165, 1.54) is 0 Å². The molecule has 1 saturated heterocycles. The van der Waals surface area contributed by atoms with Gasteiger partial charge >= 0.3 is 5.97 Å². The lowest BCUT2D eigenvalue weighted by atomic mass is 10.0. The number of carbonyl (C=O) groups is 1. The topological polar surface area (TPSA) is 46.5 Å². The van der Waals surface area contributed by atoms with Crippen molar-refractivity contribution < 1.29 is 14.6 Å². The van der Waals surface area contributed by atoms with Crippen molar-refractivity contribution in [3.8, 4) is 0 Å². The van der Waals surface area contributed by atoms with Crippen LogP contribution in [0.1, 0.15) is 44.9 Å². The van der Waals surface area contributed by atoms with Gasteiger partial charge < -0.3 is 9.84 Å². The zero-order valence-electron chi connectivity index (χ0n) is 8.00. The first-order valence-electron chi connectivity index (χ1n) is 5.13. The predicted octanol–water partition coefficient (Wildman–Crippen LogP) is 1.63. The van der Waals surface area contributed by atoms with Crippen molar-refractivity contribution in [2.24, 2.45) is 0 Å². The van der Waals surface area contributed by atoms with E-state index in [0.717, 1.165) is 38.5 Å². The number of esters is 1. The van der Waals surface area contributed by atoms with E-state index in [1.807, 2.05) is 0 Å². The van der Waals surface area contributed by atoms with Gasteiger partial charge in [0.2, 0.25) is 0 Å². The molecule has 1 aliphatic rings. The van der Waals surface area contributed by atoms with Crippen molar-refractivity contribution >= 4 is 5.97 Å². The molecule has 1 rings (SSSR count). The fourth-order valence-corrected chi connectivity index (χ4v) is 1.64. The van der Waals surface area contributed by atoms with Crippen LogP contribution in [0.15, 0.2) is 0 Å². The average molecular weight is 186 g/mol. The van der Waals surface area contributed by atoms with Gasteiger partial charge in [0.1, 0.15) is 6.10 Å². The highest BCUT2D eigenvalue weighted by atomic mass is 16.5. The molecule has 0 aromatic carbocycles. The van der Waals surface area contributed by atoms with E-state index in [2.05, 4.69) is 0 Å². The summed E-state index contributed by atoms with van der Waals surface area (Å²) in [6.45, 7) is 0.189. The summed E-state index contributed by atoms with van der Waals surface area (Å²) in [7, 11) is 0. The monoisotopic (exact) mass is 186 g/mol. The highest BCUT2D eigenvalue weighted by molar-refractivity contribution is 5.69. The van der Waals surface area contributed by atoms with Crippen LogP contribution >= 0.6 is 0 Å². The Balaban J connectivity index is 2.28. The molecule has 1 fully saturated rings. The van der Waals surface area contributed by atoms with E-state index in [-0.39, 0.29) is 18.7 Å². The first kappa shape index (κ1) is 10.5. The summed E-state index contributed by atoms with van der Waals surface area (Å²) in [5.74, 6) is -0.0670. The van der Waals surface area contributed by atoms with Crippen molar-refractivity contribution in [1.82, 2.24) is 0 Å². The van der Waals surface area contributed by atoms with Gasteiger partial charge in [-0.25, -0.2) is 0 Å². The maximum atomic E-state index is 11.1. The molecule has 1 heterocycles. The van der Waals surface area contributed by atoms with Crippen LogP contribution in [0.25, 0.3) is 0 Å². The van der Waals surface area contributed by atoms with E-state index in [1.54, 1.807) is 0 Å². The largest absolute Gasteiger partial charge is 0.462 e. The molecule has 0 aromatic rings. The lowest BCUT2D eigenvalue weighted by Crippen LogP contribution is -2.20. The minimum Gasteiger partial charge on any atom is -0.462 e. The Morgan fingerprint density at radius 2 is 2.23 bits per heavy atom. The quantitative estimate of drug-likeness (QED) is 0.681. The summed E-state index contributed by atoms with van der Waals surface area (Å²) in [4.78, 5) is 11.1. The van der Waals surface area contributed by atoms with Crippen LogP contribution in [-0.4, -0.2) is 23.8 Å².